The van der Waals surface area contributed by atoms with E-state index < -0.39 is 0 Å². The van der Waals surface area contributed by atoms with Gasteiger partial charge in [0.25, 0.3) is 0 Å². The number of benzene rings is 1. The van der Waals surface area contributed by atoms with Gasteiger partial charge in [-0.15, -0.1) is 0 Å². The highest BCUT2D eigenvalue weighted by Crippen LogP contribution is 2.25. The van der Waals surface area contributed by atoms with Gasteiger partial charge >= 0.3 is 0 Å². The molecule has 1 aromatic heterocycles. The minimum atomic E-state index is -0.386. The van der Waals surface area contributed by atoms with E-state index in [0.29, 0.717) is 35.3 Å². The van der Waals surface area contributed by atoms with Crippen molar-refractivity contribution in [2.75, 3.05) is 31.2 Å². The van der Waals surface area contributed by atoms with Gasteiger partial charge in [0.2, 0.25) is 5.95 Å². The van der Waals surface area contributed by atoms with Crippen molar-refractivity contribution in [2.24, 2.45) is 5.92 Å². The zero-order valence-electron chi connectivity index (χ0n) is 19.7. The first kappa shape index (κ1) is 26.4. The normalized spacial score (nSPS) is 14.4. The maximum atomic E-state index is 14.4. The Bertz CT molecular complexity index is 889. The first-order valence-electron chi connectivity index (χ1n) is 12.3. The van der Waals surface area contributed by atoms with E-state index >= 15 is 0 Å². The Hall–Kier alpha value is -2.25. The number of aromatic nitrogens is 2. The van der Waals surface area contributed by atoms with Gasteiger partial charge in [0.1, 0.15) is 17.3 Å². The zero-order chi connectivity index (χ0) is 24.2. The van der Waals surface area contributed by atoms with Gasteiger partial charge < -0.3 is 14.7 Å². The van der Waals surface area contributed by atoms with Crippen molar-refractivity contribution in [3.8, 4) is 5.75 Å². The molecule has 0 bridgehead atoms. The summed E-state index contributed by atoms with van der Waals surface area (Å²) in [4.78, 5) is 22.9. The third kappa shape index (κ3) is 8.84. The molecule has 3 rings (SSSR count). The van der Waals surface area contributed by atoms with Gasteiger partial charge in [-0.3, -0.25) is 4.79 Å². The molecule has 0 saturated carbocycles. The first-order chi connectivity index (χ1) is 16.5. The maximum Gasteiger partial charge on any atom is 0.225 e. The number of unbranched alkanes of at least 4 members (excludes halogenated alkanes) is 3. The fourth-order valence-electron chi connectivity index (χ4n) is 4.30. The highest BCUT2D eigenvalue weighted by molar-refractivity contribution is 6.30. The van der Waals surface area contributed by atoms with Gasteiger partial charge in [-0.05, 0) is 56.1 Å². The summed E-state index contributed by atoms with van der Waals surface area (Å²) in [6.07, 6.45) is 11.4. The molecule has 1 N–H and O–H groups in total. The fourth-order valence-corrected chi connectivity index (χ4v) is 4.40. The quantitative estimate of drug-likeness (QED) is 0.357. The van der Waals surface area contributed by atoms with Crippen molar-refractivity contribution < 1.29 is 19.0 Å². The highest BCUT2D eigenvalue weighted by atomic mass is 35.5. The smallest absolute Gasteiger partial charge is 0.225 e. The topological polar surface area (TPSA) is 75.6 Å². The summed E-state index contributed by atoms with van der Waals surface area (Å²) in [6.45, 7) is 2.60. The Labute approximate surface area is 206 Å². The molecular weight excluding hydrogens is 457 g/mol. The molecule has 0 amide bonds. The molecule has 1 fully saturated rings. The first-order valence-corrected chi connectivity index (χ1v) is 12.7. The second kappa shape index (κ2) is 14.2. The molecule has 0 aliphatic carbocycles. The Morgan fingerprint density at radius 1 is 1.12 bits per heavy atom. The number of nitrogens with zero attached hydrogens (tertiary/aromatic N) is 3. The summed E-state index contributed by atoms with van der Waals surface area (Å²) < 4.78 is 20.2. The summed E-state index contributed by atoms with van der Waals surface area (Å²) in [7, 11) is 0. The number of Topliss-reactive ketones (excluding diaryl/α,β-unsaturated/α-hetero) is 1. The number of aliphatic hydroxyl groups excluding tert-OH is 1. The predicted molar refractivity (Wildman–Crippen MR) is 132 cm³/mol. The summed E-state index contributed by atoms with van der Waals surface area (Å²) in [6, 6.07) is 4.79. The van der Waals surface area contributed by atoms with Crippen molar-refractivity contribution in [3.05, 3.63) is 47.0 Å². The van der Waals surface area contributed by atoms with Crippen LogP contribution in [-0.4, -0.2) is 47.2 Å². The van der Waals surface area contributed by atoms with Crippen LogP contribution in [0.25, 0.3) is 0 Å². The van der Waals surface area contributed by atoms with Crippen LogP contribution in [-0.2, 0) is 11.2 Å². The molecule has 1 saturated heterocycles. The van der Waals surface area contributed by atoms with Gasteiger partial charge in [-0.25, -0.2) is 14.4 Å². The Kier molecular flexibility index (Phi) is 11.0. The van der Waals surface area contributed by atoms with Crippen LogP contribution in [0.4, 0.5) is 10.3 Å². The molecule has 0 unspecified atom stereocenters. The van der Waals surface area contributed by atoms with Crippen molar-refractivity contribution >= 4 is 23.3 Å². The number of hydrogen-bond donors (Lipinski definition) is 1. The molecule has 0 radical (unpaired) electrons. The molecule has 8 heteroatoms. The van der Waals surface area contributed by atoms with Gasteiger partial charge in [-0.1, -0.05) is 30.5 Å². The number of halogens is 2. The number of hydrogen-bond acceptors (Lipinski definition) is 6. The number of piperidine rings is 1. The summed E-state index contributed by atoms with van der Waals surface area (Å²) in [5.74, 6) is 1.54. The molecule has 2 heterocycles. The third-order valence-electron chi connectivity index (χ3n) is 6.31. The van der Waals surface area contributed by atoms with Crippen LogP contribution in [0.3, 0.4) is 0 Å². The number of ketones is 1. The van der Waals surface area contributed by atoms with Crippen LogP contribution < -0.4 is 9.64 Å². The van der Waals surface area contributed by atoms with Crippen LogP contribution in [0.2, 0.25) is 5.02 Å². The van der Waals surface area contributed by atoms with Crippen molar-refractivity contribution in [1.29, 1.82) is 0 Å². The van der Waals surface area contributed by atoms with Crippen molar-refractivity contribution in [3.63, 3.8) is 0 Å². The van der Waals surface area contributed by atoms with Gasteiger partial charge in [0, 0.05) is 38.6 Å². The van der Waals surface area contributed by atoms with Crippen LogP contribution in [0.15, 0.2) is 30.6 Å². The number of ether oxygens (including phenoxy) is 1. The van der Waals surface area contributed by atoms with E-state index in [1.54, 1.807) is 24.5 Å². The molecule has 1 aliphatic heterocycles. The zero-order valence-corrected chi connectivity index (χ0v) is 20.5. The summed E-state index contributed by atoms with van der Waals surface area (Å²) >= 11 is 5.86. The highest BCUT2D eigenvalue weighted by Gasteiger charge is 2.20. The minimum absolute atomic E-state index is 0.0465. The van der Waals surface area contributed by atoms with Crippen molar-refractivity contribution in [1.82, 2.24) is 9.97 Å². The van der Waals surface area contributed by atoms with Gasteiger partial charge in [-0.2, -0.15) is 0 Å². The van der Waals surface area contributed by atoms with Crippen LogP contribution >= 0.6 is 11.6 Å². The second-order valence-corrected chi connectivity index (χ2v) is 9.42. The summed E-state index contributed by atoms with van der Waals surface area (Å²) in [5.41, 5.74) is 0.420. The molecular formula is C26H35ClFN3O3. The maximum absolute atomic E-state index is 14.4. The van der Waals surface area contributed by atoms with E-state index in [1.165, 1.54) is 6.07 Å². The lowest BCUT2D eigenvalue weighted by Crippen LogP contribution is -2.34. The van der Waals surface area contributed by atoms with E-state index in [1.807, 2.05) is 0 Å². The molecule has 186 valence electrons. The standard InChI is InChI=1S/C26H35ClFN3O3/c27-22-18-29-26(30-19-22)31-12-10-20(11-13-31)6-5-15-34-24-9-8-21(25(28)17-24)16-23(33)7-3-1-2-4-14-32/h8-9,17-20,32H,1-7,10-16H2. The largest absolute Gasteiger partial charge is 0.493 e. The lowest BCUT2D eigenvalue weighted by Gasteiger charge is -2.31. The van der Waals surface area contributed by atoms with Crippen LogP contribution in [0.1, 0.15) is 63.4 Å². The number of rotatable bonds is 14. The number of carbonyl (C=O) groups excluding carboxylic acids is 1. The second-order valence-electron chi connectivity index (χ2n) is 8.98. The van der Waals surface area contributed by atoms with Crippen LogP contribution in [0, 0.1) is 11.7 Å². The molecule has 34 heavy (non-hydrogen) atoms. The Morgan fingerprint density at radius 2 is 1.85 bits per heavy atom. The Morgan fingerprint density at radius 3 is 2.56 bits per heavy atom. The minimum Gasteiger partial charge on any atom is -0.493 e. The number of carbonyl (C=O) groups is 1. The lowest BCUT2D eigenvalue weighted by molar-refractivity contribution is -0.118. The SMILES string of the molecule is O=C(CCCCCCO)Cc1ccc(OCCCC2CCN(c3ncc(Cl)cn3)CC2)cc1F. The van der Waals surface area contributed by atoms with E-state index in [2.05, 4.69) is 14.9 Å². The Balaban J connectivity index is 1.31. The van der Waals surface area contributed by atoms with E-state index in [-0.39, 0.29) is 24.6 Å². The fraction of sp³-hybridized carbons (Fsp3) is 0.577. The molecule has 1 aliphatic rings. The molecule has 2 aromatic rings. The molecule has 1 aromatic carbocycles. The molecule has 6 nitrogen and oxygen atoms in total. The summed E-state index contributed by atoms with van der Waals surface area (Å²) in [5, 5.41) is 9.32. The molecule has 0 spiro atoms. The average Bonchev–Trinajstić information content (AvgIpc) is 2.84. The number of aliphatic hydroxyl groups is 1. The monoisotopic (exact) mass is 491 g/mol. The van der Waals surface area contributed by atoms with E-state index in [9.17, 15) is 9.18 Å². The van der Waals surface area contributed by atoms with Gasteiger partial charge in [0.15, 0.2) is 0 Å². The van der Waals surface area contributed by atoms with Crippen molar-refractivity contribution in [2.45, 2.75) is 64.2 Å². The predicted octanol–water partition coefficient (Wildman–Crippen LogP) is 5.40. The van der Waals surface area contributed by atoms with Crippen LogP contribution in [0.5, 0.6) is 5.75 Å². The average molecular weight is 492 g/mol. The lowest BCUT2D eigenvalue weighted by atomic mass is 9.92. The van der Waals surface area contributed by atoms with E-state index in [0.717, 1.165) is 70.4 Å². The van der Waals surface area contributed by atoms with E-state index in [4.69, 9.17) is 21.4 Å². The number of anilines is 1. The third-order valence-corrected chi connectivity index (χ3v) is 6.50. The molecule has 0 atom stereocenters. The van der Waals surface area contributed by atoms with Gasteiger partial charge in [0.05, 0.1) is 24.0 Å².